The van der Waals surface area contributed by atoms with Crippen LogP contribution in [0.2, 0.25) is 0 Å². The molecule has 0 radical (unpaired) electrons. The van der Waals surface area contributed by atoms with Gasteiger partial charge < -0.3 is 26.3 Å². The Bertz CT molecular complexity index is 662. The van der Waals surface area contributed by atoms with Crippen LogP contribution in [0, 0.1) is 13.8 Å². The molecule has 1 atom stereocenters. The molecule has 0 saturated carbocycles. The molecule has 26 heavy (non-hydrogen) atoms. The van der Waals surface area contributed by atoms with Crippen molar-refractivity contribution in [3.8, 4) is 0 Å². The third-order valence-electron chi connectivity index (χ3n) is 3.86. The number of aromatic nitrogens is 2. The van der Waals surface area contributed by atoms with Crippen LogP contribution in [0.25, 0.3) is 0 Å². The molecule has 1 aliphatic heterocycles. The molecule has 3 rings (SSSR count). The van der Waals surface area contributed by atoms with E-state index in [0.29, 0.717) is 31.0 Å². The molecule has 3 heterocycles. The number of nitrogens with one attached hydrogen (secondary N) is 1. The van der Waals surface area contributed by atoms with Crippen LogP contribution in [0.3, 0.4) is 0 Å². The minimum atomic E-state index is 0.327. The smallest absolute Gasteiger partial charge is 0.123 e. The summed E-state index contributed by atoms with van der Waals surface area (Å²) in [5.74, 6) is 1.12. The van der Waals surface area contributed by atoms with Gasteiger partial charge in [0, 0.05) is 13.7 Å². The molecule has 142 valence electrons. The lowest BCUT2D eigenvalue weighted by molar-refractivity contribution is 0.0523. The van der Waals surface area contributed by atoms with Crippen molar-refractivity contribution in [1.29, 1.82) is 0 Å². The van der Waals surface area contributed by atoms with E-state index in [-0.39, 0.29) is 0 Å². The summed E-state index contributed by atoms with van der Waals surface area (Å²) in [6.07, 6.45) is 1.41. The second-order valence-corrected chi connectivity index (χ2v) is 6.48. The Morgan fingerprint density at radius 2 is 1.58 bits per heavy atom. The number of nitrogen functional groups attached to an aromatic ring is 2. The lowest BCUT2D eigenvalue weighted by Crippen LogP contribution is -2.17. The highest BCUT2D eigenvalue weighted by Gasteiger charge is 2.14. The van der Waals surface area contributed by atoms with Gasteiger partial charge in [0.15, 0.2) is 0 Å². The van der Waals surface area contributed by atoms with Gasteiger partial charge in [-0.25, -0.2) is 9.97 Å². The maximum Gasteiger partial charge on any atom is 0.123 e. The number of anilines is 2. The number of methoxy groups -OCH3 is 1. The Morgan fingerprint density at radius 3 is 2.04 bits per heavy atom. The van der Waals surface area contributed by atoms with Gasteiger partial charge in [0.2, 0.25) is 0 Å². The molecule has 1 aliphatic rings. The van der Waals surface area contributed by atoms with Crippen molar-refractivity contribution in [3.63, 3.8) is 0 Å². The molecular weight excluding hydrogens is 330 g/mol. The van der Waals surface area contributed by atoms with Crippen LogP contribution in [0.15, 0.2) is 24.3 Å². The fourth-order valence-corrected chi connectivity index (χ4v) is 2.81. The van der Waals surface area contributed by atoms with Gasteiger partial charge in [-0.15, -0.1) is 0 Å². The Hall–Kier alpha value is -2.22. The predicted octanol–water partition coefficient (Wildman–Crippen LogP) is 1.97. The zero-order valence-electron chi connectivity index (χ0n) is 15.8. The molecule has 0 amide bonds. The van der Waals surface area contributed by atoms with Gasteiger partial charge >= 0.3 is 0 Å². The quantitative estimate of drug-likeness (QED) is 0.749. The Morgan fingerprint density at radius 1 is 1.00 bits per heavy atom. The van der Waals surface area contributed by atoms with E-state index in [1.165, 1.54) is 0 Å². The summed E-state index contributed by atoms with van der Waals surface area (Å²) in [5, 5.41) is 3.26. The summed E-state index contributed by atoms with van der Waals surface area (Å²) in [5.41, 5.74) is 15.2. The molecule has 7 heteroatoms. The molecule has 0 bridgehead atoms. The molecule has 1 saturated heterocycles. The van der Waals surface area contributed by atoms with Gasteiger partial charge in [0.1, 0.15) is 11.6 Å². The van der Waals surface area contributed by atoms with Crippen molar-refractivity contribution in [2.75, 3.05) is 31.7 Å². The Kier molecular flexibility index (Phi) is 7.77. The summed E-state index contributed by atoms with van der Waals surface area (Å²) < 4.78 is 10.6. The SMILES string of the molecule is COCc1cc(C)cc(N)n1.Cc1cc(N)nc(COC2CCNC2)c1. The fourth-order valence-electron chi connectivity index (χ4n) is 2.81. The van der Waals surface area contributed by atoms with Crippen LogP contribution in [0.4, 0.5) is 11.6 Å². The summed E-state index contributed by atoms with van der Waals surface area (Å²) >= 11 is 0. The van der Waals surface area contributed by atoms with Crippen molar-refractivity contribution in [2.45, 2.75) is 39.6 Å². The van der Waals surface area contributed by atoms with Gasteiger partial charge in [-0.2, -0.15) is 0 Å². The number of pyridine rings is 2. The van der Waals surface area contributed by atoms with E-state index in [0.717, 1.165) is 42.0 Å². The minimum absolute atomic E-state index is 0.327. The molecule has 0 spiro atoms. The lowest BCUT2D eigenvalue weighted by atomic mass is 10.2. The van der Waals surface area contributed by atoms with E-state index in [9.17, 15) is 0 Å². The molecule has 0 aliphatic carbocycles. The van der Waals surface area contributed by atoms with E-state index in [4.69, 9.17) is 20.9 Å². The van der Waals surface area contributed by atoms with Crippen molar-refractivity contribution in [2.24, 2.45) is 0 Å². The van der Waals surface area contributed by atoms with Crippen LogP contribution in [0.1, 0.15) is 28.9 Å². The third kappa shape index (κ3) is 6.95. The summed E-state index contributed by atoms with van der Waals surface area (Å²) in [6.45, 7) is 7.06. The minimum Gasteiger partial charge on any atom is -0.384 e. The van der Waals surface area contributed by atoms with Crippen LogP contribution in [-0.2, 0) is 22.7 Å². The van der Waals surface area contributed by atoms with Gasteiger partial charge in [-0.3, -0.25) is 0 Å². The number of aryl methyl sites for hydroxylation is 2. The molecule has 1 unspecified atom stereocenters. The number of nitrogens with two attached hydrogens (primary N) is 2. The molecule has 0 aromatic carbocycles. The normalized spacial score (nSPS) is 16.2. The van der Waals surface area contributed by atoms with E-state index in [1.54, 1.807) is 7.11 Å². The van der Waals surface area contributed by atoms with Crippen LogP contribution in [0.5, 0.6) is 0 Å². The number of nitrogens with zero attached hydrogens (tertiary/aromatic N) is 2. The van der Waals surface area contributed by atoms with E-state index < -0.39 is 0 Å². The van der Waals surface area contributed by atoms with Crippen LogP contribution < -0.4 is 16.8 Å². The largest absolute Gasteiger partial charge is 0.384 e. The van der Waals surface area contributed by atoms with E-state index in [1.807, 2.05) is 38.1 Å². The first-order chi connectivity index (χ1) is 12.5. The predicted molar refractivity (Wildman–Crippen MR) is 104 cm³/mol. The second kappa shape index (κ2) is 10.1. The lowest BCUT2D eigenvalue weighted by Gasteiger charge is -2.10. The maximum atomic E-state index is 5.72. The van der Waals surface area contributed by atoms with Crippen molar-refractivity contribution >= 4 is 11.6 Å². The maximum absolute atomic E-state index is 5.72. The third-order valence-corrected chi connectivity index (χ3v) is 3.86. The molecule has 1 fully saturated rings. The van der Waals surface area contributed by atoms with Crippen LogP contribution >= 0.6 is 0 Å². The van der Waals surface area contributed by atoms with Crippen molar-refractivity contribution in [1.82, 2.24) is 15.3 Å². The number of rotatable bonds is 5. The van der Waals surface area contributed by atoms with E-state index in [2.05, 4.69) is 15.3 Å². The first-order valence-electron chi connectivity index (χ1n) is 8.73. The number of ether oxygens (including phenoxy) is 2. The van der Waals surface area contributed by atoms with Crippen molar-refractivity contribution < 1.29 is 9.47 Å². The van der Waals surface area contributed by atoms with Gasteiger partial charge in [-0.1, -0.05) is 0 Å². The summed E-state index contributed by atoms with van der Waals surface area (Å²) in [7, 11) is 1.64. The average Bonchev–Trinajstić information content (AvgIpc) is 3.05. The summed E-state index contributed by atoms with van der Waals surface area (Å²) in [6, 6.07) is 7.67. The molecular formula is C19H29N5O2. The van der Waals surface area contributed by atoms with Gasteiger partial charge in [0.05, 0.1) is 30.7 Å². The molecule has 2 aromatic rings. The standard InChI is InChI=1S/C11H17N3O.C8H12N2O/c1-8-4-9(14-11(12)5-8)7-15-10-2-3-13-6-10;1-6-3-7(5-11-2)10-8(9)4-6/h4-5,10,13H,2-3,6-7H2,1H3,(H2,12,14);3-4H,5H2,1-2H3,(H2,9,10). The van der Waals surface area contributed by atoms with Crippen LogP contribution in [-0.4, -0.2) is 36.3 Å². The monoisotopic (exact) mass is 359 g/mol. The first kappa shape index (κ1) is 20.1. The zero-order chi connectivity index (χ0) is 18.9. The zero-order valence-corrected chi connectivity index (χ0v) is 15.8. The Balaban J connectivity index is 0.000000197. The first-order valence-corrected chi connectivity index (χ1v) is 8.73. The van der Waals surface area contributed by atoms with E-state index >= 15 is 0 Å². The highest BCUT2D eigenvalue weighted by atomic mass is 16.5. The number of hydrogen-bond donors (Lipinski definition) is 3. The fraction of sp³-hybridized carbons (Fsp3) is 0.474. The summed E-state index contributed by atoms with van der Waals surface area (Å²) in [4.78, 5) is 8.30. The highest BCUT2D eigenvalue weighted by molar-refractivity contribution is 5.34. The van der Waals surface area contributed by atoms with Gasteiger partial charge in [-0.05, 0) is 62.2 Å². The average molecular weight is 359 g/mol. The number of hydrogen-bond acceptors (Lipinski definition) is 7. The highest BCUT2D eigenvalue weighted by Crippen LogP contribution is 2.11. The molecule has 5 N–H and O–H groups in total. The van der Waals surface area contributed by atoms with Crippen molar-refractivity contribution in [3.05, 3.63) is 46.8 Å². The topological polar surface area (TPSA) is 108 Å². The molecule has 2 aromatic heterocycles. The molecule has 7 nitrogen and oxygen atoms in total. The van der Waals surface area contributed by atoms with Gasteiger partial charge in [0.25, 0.3) is 0 Å². The Labute approximate surface area is 155 Å². The second-order valence-electron chi connectivity index (χ2n) is 6.48.